The van der Waals surface area contributed by atoms with E-state index in [9.17, 15) is 5.11 Å². The van der Waals surface area contributed by atoms with Crippen LogP contribution in [-0.2, 0) is 0 Å². The largest absolute Gasteiger partial charge is 0.508 e. The van der Waals surface area contributed by atoms with E-state index in [0.29, 0.717) is 5.75 Å². The molecule has 150 valence electrons. The number of hydrogen-bond donors (Lipinski definition) is 1. The minimum atomic E-state index is 0.301. The maximum atomic E-state index is 10.1. The van der Waals surface area contributed by atoms with Gasteiger partial charge in [0.25, 0.3) is 0 Å². The fourth-order valence-electron chi connectivity index (χ4n) is 5.09. The zero-order chi connectivity index (χ0) is 21.2. The highest BCUT2D eigenvalue weighted by Crippen LogP contribution is 2.42. The van der Waals surface area contributed by atoms with Crippen molar-refractivity contribution in [2.24, 2.45) is 0 Å². The average Bonchev–Trinajstić information content (AvgIpc) is 3.23. The SMILES string of the molecule is Oc1ccc2c3ccc(-c4cccc5c4sc4ccccc45)cc3c3ccccc3c2c1. The normalized spacial score (nSPS) is 11.9. The van der Waals surface area contributed by atoms with Crippen LogP contribution in [0.3, 0.4) is 0 Å². The molecule has 0 saturated heterocycles. The Bertz CT molecular complexity index is 1820. The second kappa shape index (κ2) is 6.56. The molecule has 0 radical (unpaired) electrons. The van der Waals surface area contributed by atoms with Gasteiger partial charge in [0.05, 0.1) is 0 Å². The molecular weight excluding hydrogens is 408 g/mol. The highest BCUT2D eigenvalue weighted by Gasteiger charge is 2.13. The van der Waals surface area contributed by atoms with Crippen molar-refractivity contribution in [3.05, 3.63) is 103 Å². The van der Waals surface area contributed by atoms with Crippen LogP contribution in [0.2, 0.25) is 0 Å². The summed E-state index contributed by atoms with van der Waals surface area (Å²) in [7, 11) is 0. The molecule has 2 heteroatoms. The van der Waals surface area contributed by atoms with Gasteiger partial charge < -0.3 is 5.11 Å². The molecule has 0 unspecified atom stereocenters. The van der Waals surface area contributed by atoms with Gasteiger partial charge in [-0.2, -0.15) is 0 Å². The molecule has 1 aromatic heterocycles. The molecule has 0 atom stereocenters. The lowest BCUT2D eigenvalue weighted by Gasteiger charge is -2.12. The van der Waals surface area contributed by atoms with Crippen molar-refractivity contribution < 1.29 is 5.11 Å². The maximum absolute atomic E-state index is 10.1. The number of phenols is 1. The Balaban J connectivity index is 1.59. The molecule has 0 aliphatic carbocycles. The Morgan fingerprint density at radius 3 is 1.91 bits per heavy atom. The van der Waals surface area contributed by atoms with Gasteiger partial charge in [-0.05, 0) is 67.7 Å². The molecule has 7 aromatic rings. The third-order valence-corrected chi connectivity index (χ3v) is 7.76. The lowest BCUT2D eigenvalue weighted by atomic mass is 9.91. The summed E-state index contributed by atoms with van der Waals surface area (Å²) in [4.78, 5) is 0. The Morgan fingerprint density at radius 1 is 0.469 bits per heavy atom. The Morgan fingerprint density at radius 2 is 1.09 bits per heavy atom. The monoisotopic (exact) mass is 426 g/mol. The standard InChI is InChI=1S/C30H18OS/c31-19-13-15-24-23-14-12-18(16-27(23)21-6-1-2-7-22(21)28(24)17-19)20-9-5-10-26-25-8-3-4-11-29(25)32-30(20)26/h1-17,31H. The summed E-state index contributed by atoms with van der Waals surface area (Å²) in [5, 5.41) is 19.9. The first-order valence-electron chi connectivity index (χ1n) is 10.8. The van der Waals surface area contributed by atoms with Crippen LogP contribution in [0.1, 0.15) is 0 Å². The van der Waals surface area contributed by atoms with Crippen LogP contribution in [0.15, 0.2) is 103 Å². The van der Waals surface area contributed by atoms with Gasteiger partial charge in [-0.1, -0.05) is 78.9 Å². The summed E-state index contributed by atoms with van der Waals surface area (Å²) in [5.41, 5.74) is 2.51. The molecule has 1 N–H and O–H groups in total. The van der Waals surface area contributed by atoms with Crippen molar-refractivity contribution in [2.75, 3.05) is 0 Å². The van der Waals surface area contributed by atoms with Crippen LogP contribution in [0, 0.1) is 0 Å². The Labute approximate surface area is 188 Å². The molecule has 0 amide bonds. The van der Waals surface area contributed by atoms with Crippen molar-refractivity contribution >= 4 is 63.8 Å². The lowest BCUT2D eigenvalue weighted by Crippen LogP contribution is -1.85. The number of benzene rings is 6. The van der Waals surface area contributed by atoms with E-state index in [4.69, 9.17) is 0 Å². The van der Waals surface area contributed by atoms with Crippen LogP contribution in [0.25, 0.3) is 63.6 Å². The number of fused-ring (bicyclic) bond motifs is 9. The zero-order valence-corrected chi connectivity index (χ0v) is 18.0. The molecular formula is C30H18OS. The van der Waals surface area contributed by atoms with E-state index in [2.05, 4.69) is 84.9 Å². The van der Waals surface area contributed by atoms with E-state index in [1.54, 1.807) is 6.07 Å². The van der Waals surface area contributed by atoms with Gasteiger partial charge in [-0.3, -0.25) is 0 Å². The highest BCUT2D eigenvalue weighted by atomic mass is 32.1. The molecule has 1 heterocycles. The van der Waals surface area contributed by atoms with Gasteiger partial charge >= 0.3 is 0 Å². The molecule has 0 spiro atoms. The van der Waals surface area contributed by atoms with Crippen LogP contribution < -0.4 is 0 Å². The second-order valence-corrected chi connectivity index (χ2v) is 9.37. The maximum Gasteiger partial charge on any atom is 0.116 e. The molecule has 6 aromatic carbocycles. The van der Waals surface area contributed by atoms with E-state index in [1.165, 1.54) is 58.2 Å². The van der Waals surface area contributed by atoms with Crippen molar-refractivity contribution in [1.82, 2.24) is 0 Å². The summed E-state index contributed by atoms with van der Waals surface area (Å²) >= 11 is 1.87. The van der Waals surface area contributed by atoms with E-state index in [1.807, 2.05) is 23.5 Å². The second-order valence-electron chi connectivity index (χ2n) is 8.32. The minimum absolute atomic E-state index is 0.301. The Hall–Kier alpha value is -3.88. The molecule has 0 aliphatic heterocycles. The van der Waals surface area contributed by atoms with Gasteiger partial charge in [0.15, 0.2) is 0 Å². The van der Waals surface area contributed by atoms with Crippen LogP contribution in [-0.4, -0.2) is 5.11 Å². The number of rotatable bonds is 1. The van der Waals surface area contributed by atoms with E-state index in [0.717, 1.165) is 5.39 Å². The van der Waals surface area contributed by atoms with Gasteiger partial charge in [0.2, 0.25) is 0 Å². The van der Waals surface area contributed by atoms with E-state index < -0.39 is 0 Å². The summed E-state index contributed by atoms with van der Waals surface area (Å²) in [6, 6.07) is 36.3. The zero-order valence-electron chi connectivity index (χ0n) is 17.2. The molecule has 0 aliphatic rings. The number of hydrogen-bond acceptors (Lipinski definition) is 2. The molecule has 0 fully saturated rings. The smallest absolute Gasteiger partial charge is 0.116 e. The number of aromatic hydroxyl groups is 1. The predicted octanol–water partition coefficient (Wildman–Crippen LogP) is 8.89. The van der Waals surface area contributed by atoms with Crippen molar-refractivity contribution in [3.63, 3.8) is 0 Å². The summed E-state index contributed by atoms with van der Waals surface area (Å²) < 4.78 is 2.66. The first-order chi connectivity index (χ1) is 15.8. The summed E-state index contributed by atoms with van der Waals surface area (Å²) in [5.74, 6) is 0.301. The van der Waals surface area contributed by atoms with Crippen molar-refractivity contribution in [3.8, 4) is 16.9 Å². The molecule has 32 heavy (non-hydrogen) atoms. The van der Waals surface area contributed by atoms with Crippen LogP contribution in [0.5, 0.6) is 5.75 Å². The van der Waals surface area contributed by atoms with Crippen molar-refractivity contribution in [2.45, 2.75) is 0 Å². The number of phenolic OH excluding ortho intramolecular Hbond substituents is 1. The first-order valence-corrected chi connectivity index (χ1v) is 11.6. The third-order valence-electron chi connectivity index (χ3n) is 6.54. The lowest BCUT2D eigenvalue weighted by molar-refractivity contribution is 0.476. The molecule has 7 rings (SSSR count). The summed E-state index contributed by atoms with van der Waals surface area (Å²) in [6.07, 6.45) is 0. The van der Waals surface area contributed by atoms with Gasteiger partial charge in [0.1, 0.15) is 5.75 Å². The molecule has 1 nitrogen and oxygen atoms in total. The molecule has 0 bridgehead atoms. The topological polar surface area (TPSA) is 20.2 Å². The average molecular weight is 427 g/mol. The quantitative estimate of drug-likeness (QED) is 0.260. The van der Waals surface area contributed by atoms with Crippen molar-refractivity contribution in [1.29, 1.82) is 0 Å². The first kappa shape index (κ1) is 17.8. The van der Waals surface area contributed by atoms with E-state index in [-0.39, 0.29) is 0 Å². The van der Waals surface area contributed by atoms with E-state index >= 15 is 0 Å². The molecule has 0 saturated carbocycles. The number of thiophene rings is 1. The fourth-order valence-corrected chi connectivity index (χ4v) is 6.33. The van der Waals surface area contributed by atoms with Gasteiger partial charge in [0, 0.05) is 20.2 Å². The minimum Gasteiger partial charge on any atom is -0.508 e. The van der Waals surface area contributed by atoms with Gasteiger partial charge in [-0.25, -0.2) is 0 Å². The Kier molecular flexibility index (Phi) is 3.64. The highest BCUT2D eigenvalue weighted by molar-refractivity contribution is 7.26. The predicted molar refractivity (Wildman–Crippen MR) is 139 cm³/mol. The fraction of sp³-hybridized carbons (Fsp3) is 0. The summed E-state index contributed by atoms with van der Waals surface area (Å²) in [6.45, 7) is 0. The van der Waals surface area contributed by atoms with Crippen LogP contribution >= 0.6 is 11.3 Å². The van der Waals surface area contributed by atoms with Crippen LogP contribution in [0.4, 0.5) is 0 Å². The van der Waals surface area contributed by atoms with Gasteiger partial charge in [-0.15, -0.1) is 11.3 Å². The third kappa shape index (κ3) is 2.44.